The van der Waals surface area contributed by atoms with Gasteiger partial charge in [-0.3, -0.25) is 15.0 Å². The minimum atomic E-state index is -0.746. The predicted octanol–water partition coefficient (Wildman–Crippen LogP) is 0.511. The highest BCUT2D eigenvalue weighted by Gasteiger charge is 2.36. The van der Waals surface area contributed by atoms with Gasteiger partial charge in [-0.15, -0.1) is 0 Å². The molecule has 6 heteroatoms. The molecule has 0 aliphatic heterocycles. The lowest BCUT2D eigenvalue weighted by atomic mass is 10.0. The molecule has 0 saturated carbocycles. The van der Waals surface area contributed by atoms with Gasteiger partial charge in [0.05, 0.1) is 20.3 Å². The Labute approximate surface area is 122 Å². The minimum Gasteiger partial charge on any atom is -0.468 e. The fourth-order valence-corrected chi connectivity index (χ4v) is 2.19. The van der Waals surface area contributed by atoms with E-state index < -0.39 is 5.54 Å². The van der Waals surface area contributed by atoms with E-state index in [1.165, 1.54) is 7.11 Å². The van der Waals surface area contributed by atoms with Crippen molar-refractivity contribution in [1.29, 1.82) is 0 Å². The zero-order valence-electron chi connectivity index (χ0n) is 13.7. The molecule has 6 nitrogen and oxygen atoms in total. The standard InChI is InChI=1S/C14H30N2O4/c1-12(2)15-14(3,13(17)20-6)11-16(7-9-18-4)8-10-19-5/h12,15H,7-11H2,1-6H3. The first-order valence-electron chi connectivity index (χ1n) is 6.96. The average molecular weight is 290 g/mol. The normalized spacial score (nSPS) is 14.6. The van der Waals surface area contributed by atoms with Gasteiger partial charge < -0.3 is 14.2 Å². The van der Waals surface area contributed by atoms with E-state index in [1.54, 1.807) is 14.2 Å². The highest BCUT2D eigenvalue weighted by molar-refractivity contribution is 5.80. The number of carbonyl (C=O) groups excluding carboxylic acids is 1. The maximum atomic E-state index is 12.1. The number of esters is 1. The van der Waals surface area contributed by atoms with Crippen molar-refractivity contribution in [1.82, 2.24) is 10.2 Å². The van der Waals surface area contributed by atoms with Gasteiger partial charge in [-0.25, -0.2) is 0 Å². The van der Waals surface area contributed by atoms with Gasteiger partial charge in [0.15, 0.2) is 0 Å². The largest absolute Gasteiger partial charge is 0.468 e. The second-order valence-corrected chi connectivity index (χ2v) is 5.38. The third kappa shape index (κ3) is 7.19. The summed E-state index contributed by atoms with van der Waals surface area (Å²) in [6, 6.07) is 0.186. The zero-order chi connectivity index (χ0) is 15.6. The molecular formula is C14H30N2O4. The lowest BCUT2D eigenvalue weighted by Gasteiger charge is -2.35. The van der Waals surface area contributed by atoms with Crippen LogP contribution in [-0.2, 0) is 19.0 Å². The molecule has 0 aliphatic carbocycles. The molecule has 0 aromatic rings. The fourth-order valence-electron chi connectivity index (χ4n) is 2.19. The molecule has 1 unspecified atom stereocenters. The van der Waals surface area contributed by atoms with Crippen LogP contribution in [0.15, 0.2) is 0 Å². The van der Waals surface area contributed by atoms with Gasteiger partial charge in [-0.2, -0.15) is 0 Å². The molecule has 0 heterocycles. The highest BCUT2D eigenvalue weighted by atomic mass is 16.5. The highest BCUT2D eigenvalue weighted by Crippen LogP contribution is 2.11. The third-order valence-electron chi connectivity index (χ3n) is 3.01. The molecule has 1 atom stereocenters. The summed E-state index contributed by atoms with van der Waals surface area (Å²) in [5, 5.41) is 3.29. The van der Waals surface area contributed by atoms with Crippen molar-refractivity contribution in [3.63, 3.8) is 0 Å². The first-order chi connectivity index (χ1) is 9.39. The third-order valence-corrected chi connectivity index (χ3v) is 3.01. The first kappa shape index (κ1) is 19.3. The summed E-state index contributed by atoms with van der Waals surface area (Å²) < 4.78 is 15.2. The lowest BCUT2D eigenvalue weighted by Crippen LogP contribution is -2.60. The van der Waals surface area contributed by atoms with Crippen LogP contribution in [0.3, 0.4) is 0 Å². The van der Waals surface area contributed by atoms with Crippen molar-refractivity contribution in [3.8, 4) is 0 Å². The van der Waals surface area contributed by atoms with E-state index in [2.05, 4.69) is 10.2 Å². The van der Waals surface area contributed by atoms with Gasteiger partial charge in [0, 0.05) is 39.9 Å². The molecule has 0 rings (SSSR count). The molecular weight excluding hydrogens is 260 g/mol. The molecule has 0 aliphatic rings. The minimum absolute atomic E-state index is 0.186. The van der Waals surface area contributed by atoms with E-state index in [4.69, 9.17) is 14.2 Å². The number of hydrogen-bond donors (Lipinski definition) is 1. The monoisotopic (exact) mass is 290 g/mol. The Morgan fingerprint density at radius 1 is 1.15 bits per heavy atom. The molecule has 0 amide bonds. The first-order valence-corrected chi connectivity index (χ1v) is 6.96. The van der Waals surface area contributed by atoms with Crippen LogP contribution in [0.1, 0.15) is 20.8 Å². The van der Waals surface area contributed by atoms with Gasteiger partial charge in [0.2, 0.25) is 0 Å². The van der Waals surface area contributed by atoms with E-state index in [1.807, 2.05) is 20.8 Å². The molecule has 1 N–H and O–H groups in total. The van der Waals surface area contributed by atoms with Crippen molar-refractivity contribution in [2.75, 3.05) is 54.2 Å². The summed E-state index contributed by atoms with van der Waals surface area (Å²) in [5.74, 6) is -0.258. The summed E-state index contributed by atoms with van der Waals surface area (Å²) >= 11 is 0. The summed E-state index contributed by atoms with van der Waals surface area (Å²) in [7, 11) is 4.75. The summed E-state index contributed by atoms with van der Waals surface area (Å²) in [5.41, 5.74) is -0.746. The summed E-state index contributed by atoms with van der Waals surface area (Å²) in [4.78, 5) is 14.2. The lowest BCUT2D eigenvalue weighted by molar-refractivity contribution is -0.149. The predicted molar refractivity (Wildman–Crippen MR) is 78.9 cm³/mol. The Balaban J connectivity index is 4.80. The Morgan fingerprint density at radius 2 is 1.65 bits per heavy atom. The molecule has 0 saturated heterocycles. The maximum absolute atomic E-state index is 12.1. The topological polar surface area (TPSA) is 60.0 Å². The number of methoxy groups -OCH3 is 3. The Morgan fingerprint density at radius 3 is 2.00 bits per heavy atom. The molecule has 0 bridgehead atoms. The van der Waals surface area contributed by atoms with Crippen LogP contribution < -0.4 is 5.32 Å². The molecule has 0 spiro atoms. The number of carbonyl (C=O) groups is 1. The Kier molecular flexibility index (Phi) is 9.75. The SMILES string of the molecule is COCCN(CCOC)CC(C)(NC(C)C)C(=O)OC. The molecule has 0 aromatic heterocycles. The van der Waals surface area contributed by atoms with Crippen LogP contribution in [-0.4, -0.2) is 76.6 Å². The van der Waals surface area contributed by atoms with Gasteiger partial charge in [-0.05, 0) is 20.8 Å². The number of ether oxygens (including phenoxy) is 3. The van der Waals surface area contributed by atoms with Gasteiger partial charge >= 0.3 is 5.97 Å². The van der Waals surface area contributed by atoms with Crippen LogP contribution in [0.4, 0.5) is 0 Å². The van der Waals surface area contributed by atoms with E-state index >= 15 is 0 Å². The number of rotatable bonds is 11. The van der Waals surface area contributed by atoms with Crippen LogP contribution in [0.25, 0.3) is 0 Å². The average Bonchev–Trinajstić information content (AvgIpc) is 2.39. The number of hydrogen-bond acceptors (Lipinski definition) is 6. The Bertz CT molecular complexity index is 266. The van der Waals surface area contributed by atoms with Gasteiger partial charge in [0.25, 0.3) is 0 Å². The zero-order valence-corrected chi connectivity index (χ0v) is 13.7. The summed E-state index contributed by atoms with van der Waals surface area (Å²) in [6.45, 7) is 9.14. The van der Waals surface area contributed by atoms with Gasteiger partial charge in [-0.1, -0.05) is 0 Å². The summed E-state index contributed by atoms with van der Waals surface area (Å²) in [6.07, 6.45) is 0. The smallest absolute Gasteiger partial charge is 0.327 e. The fraction of sp³-hybridized carbons (Fsp3) is 0.929. The van der Waals surface area contributed by atoms with Crippen molar-refractivity contribution in [2.24, 2.45) is 0 Å². The molecule has 0 aromatic carbocycles. The van der Waals surface area contributed by atoms with Crippen LogP contribution >= 0.6 is 0 Å². The van der Waals surface area contributed by atoms with Crippen LogP contribution in [0.2, 0.25) is 0 Å². The van der Waals surface area contributed by atoms with Crippen molar-refractivity contribution in [3.05, 3.63) is 0 Å². The molecule has 20 heavy (non-hydrogen) atoms. The second-order valence-electron chi connectivity index (χ2n) is 5.38. The van der Waals surface area contributed by atoms with Gasteiger partial charge in [0.1, 0.15) is 5.54 Å². The second kappa shape index (κ2) is 10.1. The van der Waals surface area contributed by atoms with Crippen molar-refractivity contribution in [2.45, 2.75) is 32.4 Å². The van der Waals surface area contributed by atoms with E-state index in [0.29, 0.717) is 19.8 Å². The number of nitrogens with one attached hydrogen (secondary N) is 1. The quantitative estimate of drug-likeness (QED) is 0.560. The maximum Gasteiger partial charge on any atom is 0.327 e. The molecule has 0 radical (unpaired) electrons. The number of nitrogens with zero attached hydrogens (tertiary/aromatic N) is 1. The van der Waals surface area contributed by atoms with Crippen molar-refractivity contribution >= 4 is 5.97 Å². The Hall–Kier alpha value is -0.690. The van der Waals surface area contributed by atoms with Crippen molar-refractivity contribution < 1.29 is 19.0 Å². The van der Waals surface area contributed by atoms with Crippen LogP contribution in [0.5, 0.6) is 0 Å². The molecule has 120 valence electrons. The van der Waals surface area contributed by atoms with E-state index in [0.717, 1.165) is 13.1 Å². The van der Waals surface area contributed by atoms with E-state index in [-0.39, 0.29) is 12.0 Å². The molecule has 0 fully saturated rings. The van der Waals surface area contributed by atoms with Crippen LogP contribution in [0, 0.1) is 0 Å². The van der Waals surface area contributed by atoms with E-state index in [9.17, 15) is 4.79 Å².